The number of hydrogen-bond donors (Lipinski definition) is 1. The van der Waals surface area contributed by atoms with Gasteiger partial charge >= 0.3 is 0 Å². The van der Waals surface area contributed by atoms with E-state index in [4.69, 9.17) is 16.3 Å². The van der Waals surface area contributed by atoms with Crippen LogP contribution in [0.2, 0.25) is 5.02 Å². The molecule has 0 saturated heterocycles. The normalized spacial score (nSPS) is 12.0. The Balaban J connectivity index is 2.61. The van der Waals surface area contributed by atoms with Crippen molar-refractivity contribution in [3.05, 3.63) is 28.8 Å². The van der Waals surface area contributed by atoms with Crippen molar-refractivity contribution in [1.29, 1.82) is 0 Å². The van der Waals surface area contributed by atoms with E-state index in [1.807, 2.05) is 19.9 Å². The highest BCUT2D eigenvalue weighted by atomic mass is 35.5. The number of aryl methyl sites for hydroxylation is 1. The summed E-state index contributed by atoms with van der Waals surface area (Å²) in [5, 5.41) is 3.46. The molecule has 0 radical (unpaired) electrons. The molecule has 94 valence electrons. The van der Waals surface area contributed by atoms with Gasteiger partial charge in [0, 0.05) is 11.6 Å². The van der Waals surface area contributed by atoms with E-state index in [0.717, 1.165) is 12.0 Å². The van der Waals surface area contributed by atoms with Crippen molar-refractivity contribution in [2.75, 3.05) is 6.54 Å². The molecule has 17 heavy (non-hydrogen) atoms. The second-order valence-electron chi connectivity index (χ2n) is 3.96. The van der Waals surface area contributed by atoms with E-state index in [-0.39, 0.29) is 5.91 Å². The van der Waals surface area contributed by atoms with Crippen molar-refractivity contribution >= 4 is 17.5 Å². The quantitative estimate of drug-likeness (QED) is 0.879. The van der Waals surface area contributed by atoms with Crippen LogP contribution in [0.4, 0.5) is 0 Å². The highest BCUT2D eigenvalue weighted by Crippen LogP contribution is 2.22. The molecule has 0 aromatic heterocycles. The van der Waals surface area contributed by atoms with E-state index in [1.54, 1.807) is 19.1 Å². The monoisotopic (exact) mass is 255 g/mol. The van der Waals surface area contributed by atoms with Crippen molar-refractivity contribution in [2.45, 2.75) is 33.3 Å². The second-order valence-corrected chi connectivity index (χ2v) is 4.40. The zero-order valence-electron chi connectivity index (χ0n) is 10.4. The molecule has 1 amide bonds. The maximum absolute atomic E-state index is 11.6. The molecule has 0 aliphatic carbocycles. The first-order chi connectivity index (χ1) is 8.04. The molecule has 0 bridgehead atoms. The molecular formula is C13H18ClNO2. The number of benzene rings is 1. The third-order valence-electron chi connectivity index (χ3n) is 2.36. The zero-order valence-corrected chi connectivity index (χ0v) is 11.2. The summed E-state index contributed by atoms with van der Waals surface area (Å²) in [5.74, 6) is 0.592. The van der Waals surface area contributed by atoms with Gasteiger partial charge in [-0.25, -0.2) is 0 Å². The number of carbonyl (C=O) groups excluding carboxylic acids is 1. The summed E-state index contributed by atoms with van der Waals surface area (Å²) in [6, 6.07) is 5.34. The van der Waals surface area contributed by atoms with Crippen LogP contribution in [0.15, 0.2) is 18.2 Å². The van der Waals surface area contributed by atoms with Crippen LogP contribution in [0.3, 0.4) is 0 Å². The Kier molecular flexibility index (Phi) is 5.29. The second kappa shape index (κ2) is 6.50. The van der Waals surface area contributed by atoms with Crippen molar-refractivity contribution in [3.63, 3.8) is 0 Å². The number of halogens is 1. The minimum atomic E-state index is -0.499. The molecule has 1 atom stereocenters. The van der Waals surface area contributed by atoms with Gasteiger partial charge in [-0.15, -0.1) is 0 Å². The molecule has 0 heterocycles. The van der Waals surface area contributed by atoms with Gasteiger partial charge in [-0.05, 0) is 44.0 Å². The van der Waals surface area contributed by atoms with E-state index >= 15 is 0 Å². The lowest BCUT2D eigenvalue weighted by Crippen LogP contribution is -2.36. The summed E-state index contributed by atoms with van der Waals surface area (Å²) >= 11 is 5.85. The summed E-state index contributed by atoms with van der Waals surface area (Å²) < 4.78 is 5.59. The average molecular weight is 256 g/mol. The van der Waals surface area contributed by atoms with Gasteiger partial charge in [-0.3, -0.25) is 4.79 Å². The van der Waals surface area contributed by atoms with Crippen molar-refractivity contribution < 1.29 is 9.53 Å². The van der Waals surface area contributed by atoms with E-state index in [0.29, 0.717) is 17.3 Å². The third-order valence-corrected chi connectivity index (χ3v) is 2.59. The van der Waals surface area contributed by atoms with Crippen LogP contribution < -0.4 is 10.1 Å². The Morgan fingerprint density at radius 1 is 1.53 bits per heavy atom. The molecule has 1 rings (SSSR count). The maximum Gasteiger partial charge on any atom is 0.260 e. The van der Waals surface area contributed by atoms with E-state index in [2.05, 4.69) is 5.32 Å². The number of rotatable bonds is 5. The molecule has 0 unspecified atom stereocenters. The summed E-state index contributed by atoms with van der Waals surface area (Å²) in [7, 11) is 0. The van der Waals surface area contributed by atoms with Gasteiger partial charge in [0.1, 0.15) is 5.75 Å². The number of ether oxygens (including phenoxy) is 1. The summed E-state index contributed by atoms with van der Waals surface area (Å²) in [5.41, 5.74) is 0.924. The first-order valence-electron chi connectivity index (χ1n) is 5.75. The minimum absolute atomic E-state index is 0.0961. The Morgan fingerprint density at radius 3 is 2.82 bits per heavy atom. The summed E-state index contributed by atoms with van der Waals surface area (Å²) in [6.07, 6.45) is 0.416. The van der Waals surface area contributed by atoms with Gasteiger partial charge in [0.2, 0.25) is 0 Å². The lowest BCUT2D eigenvalue weighted by molar-refractivity contribution is -0.127. The van der Waals surface area contributed by atoms with Crippen LogP contribution in [-0.2, 0) is 4.79 Å². The molecule has 3 nitrogen and oxygen atoms in total. The molecule has 4 heteroatoms. The molecule has 0 spiro atoms. The average Bonchev–Trinajstić information content (AvgIpc) is 2.29. The number of nitrogens with one attached hydrogen (secondary N) is 1. The smallest absolute Gasteiger partial charge is 0.260 e. The Morgan fingerprint density at radius 2 is 2.24 bits per heavy atom. The van der Waals surface area contributed by atoms with E-state index in [9.17, 15) is 4.79 Å². The predicted molar refractivity (Wildman–Crippen MR) is 69.6 cm³/mol. The van der Waals surface area contributed by atoms with Crippen LogP contribution in [-0.4, -0.2) is 18.6 Å². The van der Waals surface area contributed by atoms with Gasteiger partial charge in [0.15, 0.2) is 6.10 Å². The number of amides is 1. The van der Waals surface area contributed by atoms with Gasteiger partial charge in [-0.1, -0.05) is 18.5 Å². The fraction of sp³-hybridized carbons (Fsp3) is 0.462. The van der Waals surface area contributed by atoms with Gasteiger partial charge < -0.3 is 10.1 Å². The zero-order chi connectivity index (χ0) is 12.8. The molecule has 0 aliphatic heterocycles. The van der Waals surface area contributed by atoms with Crippen molar-refractivity contribution in [1.82, 2.24) is 5.32 Å². The summed E-state index contributed by atoms with van der Waals surface area (Å²) in [6.45, 7) is 6.32. The van der Waals surface area contributed by atoms with Crippen LogP contribution in [0.25, 0.3) is 0 Å². The summed E-state index contributed by atoms with van der Waals surface area (Å²) in [4.78, 5) is 11.6. The fourth-order valence-corrected chi connectivity index (χ4v) is 1.61. The van der Waals surface area contributed by atoms with E-state index in [1.165, 1.54) is 0 Å². The van der Waals surface area contributed by atoms with Gasteiger partial charge in [-0.2, -0.15) is 0 Å². The van der Waals surface area contributed by atoms with Crippen molar-refractivity contribution in [2.24, 2.45) is 0 Å². The topological polar surface area (TPSA) is 38.3 Å². The molecule has 0 fully saturated rings. The van der Waals surface area contributed by atoms with E-state index < -0.39 is 6.10 Å². The molecule has 1 N–H and O–H groups in total. The fourth-order valence-electron chi connectivity index (χ4n) is 1.38. The minimum Gasteiger partial charge on any atom is -0.481 e. The van der Waals surface area contributed by atoms with Crippen molar-refractivity contribution in [3.8, 4) is 5.75 Å². The number of carbonyl (C=O) groups is 1. The predicted octanol–water partition coefficient (Wildman–Crippen LogP) is 2.94. The highest BCUT2D eigenvalue weighted by Gasteiger charge is 2.14. The first kappa shape index (κ1) is 13.8. The Labute approximate surface area is 107 Å². The van der Waals surface area contributed by atoms with Crippen LogP contribution in [0, 0.1) is 6.92 Å². The molecule has 1 aromatic rings. The van der Waals surface area contributed by atoms with Gasteiger partial charge in [0.25, 0.3) is 5.91 Å². The third kappa shape index (κ3) is 4.27. The molecular weight excluding hydrogens is 238 g/mol. The largest absolute Gasteiger partial charge is 0.481 e. The lowest BCUT2D eigenvalue weighted by atomic mass is 10.2. The maximum atomic E-state index is 11.6. The number of hydrogen-bond acceptors (Lipinski definition) is 2. The van der Waals surface area contributed by atoms with Crippen LogP contribution >= 0.6 is 11.6 Å². The highest BCUT2D eigenvalue weighted by molar-refractivity contribution is 6.30. The Hall–Kier alpha value is -1.22. The molecule has 0 saturated carbocycles. The standard InChI is InChI=1S/C13H18ClNO2/c1-4-7-15-13(16)10(3)17-12-6-5-11(14)8-9(12)2/h5-6,8,10H,4,7H2,1-3H3,(H,15,16)/t10-/m1/s1. The van der Waals surface area contributed by atoms with Crippen LogP contribution in [0.5, 0.6) is 5.75 Å². The lowest BCUT2D eigenvalue weighted by Gasteiger charge is -2.16. The SMILES string of the molecule is CCCNC(=O)[C@@H](C)Oc1ccc(Cl)cc1C. The first-order valence-corrected chi connectivity index (χ1v) is 6.13. The molecule has 1 aromatic carbocycles. The van der Waals surface area contributed by atoms with Gasteiger partial charge in [0.05, 0.1) is 0 Å². The Bertz CT molecular complexity index is 393. The molecule has 0 aliphatic rings. The van der Waals surface area contributed by atoms with Crippen LogP contribution in [0.1, 0.15) is 25.8 Å².